The van der Waals surface area contributed by atoms with E-state index < -0.39 is 0 Å². The lowest BCUT2D eigenvalue weighted by atomic mass is 10.2. The van der Waals surface area contributed by atoms with Crippen molar-refractivity contribution >= 4 is 14.9 Å². The molecule has 0 amide bonds. The summed E-state index contributed by atoms with van der Waals surface area (Å²) in [5.41, 5.74) is 0. The van der Waals surface area contributed by atoms with E-state index in [1.807, 2.05) is 0 Å². The molecule has 1 aromatic carbocycles. The van der Waals surface area contributed by atoms with Gasteiger partial charge in [-0.15, -0.1) is 0 Å². The van der Waals surface area contributed by atoms with Crippen LogP contribution in [-0.4, -0.2) is 26.3 Å². The number of hydrogen-bond donors (Lipinski definition) is 0. The largest absolute Gasteiger partial charge is 0.320 e. The van der Waals surface area contributed by atoms with E-state index in [0.29, 0.717) is 0 Å². The third kappa shape index (κ3) is 3.76. The molecule has 1 aromatic rings. The lowest BCUT2D eigenvalue weighted by molar-refractivity contribution is 0.271. The van der Waals surface area contributed by atoms with Gasteiger partial charge in [0.1, 0.15) is 9.68 Å². The van der Waals surface area contributed by atoms with Gasteiger partial charge < -0.3 is 4.57 Å². The molecule has 0 aliphatic carbocycles. The van der Waals surface area contributed by atoms with Crippen LogP contribution in [0.1, 0.15) is 40.5 Å². The summed E-state index contributed by atoms with van der Waals surface area (Å²) in [5.74, 6) is 0. The number of nitrogens with zero attached hydrogens (tertiary/aromatic N) is 1. The van der Waals surface area contributed by atoms with Crippen LogP contribution in [0.5, 0.6) is 0 Å². The molecule has 0 aliphatic heterocycles. The zero-order chi connectivity index (χ0) is 12.0. The molecule has 0 aromatic heterocycles. The van der Waals surface area contributed by atoms with Crippen molar-refractivity contribution in [3.05, 3.63) is 30.3 Å². The van der Waals surface area contributed by atoms with Crippen molar-refractivity contribution in [1.29, 1.82) is 0 Å². The number of benzene rings is 1. The van der Waals surface area contributed by atoms with Crippen molar-refractivity contribution < 1.29 is 0 Å². The summed E-state index contributed by atoms with van der Waals surface area (Å²) in [4.78, 5) is 0. The molecule has 0 N–H and O–H groups in total. The molecule has 16 heavy (non-hydrogen) atoms. The van der Waals surface area contributed by atoms with Gasteiger partial charge in [0.25, 0.3) is 0 Å². The minimum Gasteiger partial charge on any atom is -0.320 e. The predicted molar refractivity (Wildman–Crippen MR) is 76.0 cm³/mol. The smallest absolute Gasteiger partial charge is 0.127 e. The van der Waals surface area contributed by atoms with Crippen molar-refractivity contribution in [3.63, 3.8) is 0 Å². The van der Waals surface area contributed by atoms with Gasteiger partial charge in [0.15, 0.2) is 0 Å². The number of rotatable bonds is 6. The molecule has 0 saturated heterocycles. The lowest BCUT2D eigenvalue weighted by Crippen LogP contribution is -2.46. The molecular formula is C14H25NSi. The monoisotopic (exact) mass is 235 g/mol. The Morgan fingerprint density at radius 2 is 1.50 bits per heavy atom. The normalized spacial score (nSPS) is 15.8. The highest BCUT2D eigenvalue weighted by Crippen LogP contribution is 2.09. The third-order valence-corrected chi connectivity index (χ3v) is 5.97. The predicted octanol–water partition coefficient (Wildman–Crippen LogP) is 2.29. The Labute approximate surface area is 103 Å². The molecule has 0 aliphatic rings. The molecule has 1 nitrogen and oxygen atoms in total. The van der Waals surface area contributed by atoms with Gasteiger partial charge in [-0.3, -0.25) is 0 Å². The summed E-state index contributed by atoms with van der Waals surface area (Å²) in [6, 6.07) is 12.4. The number of hydrogen-bond acceptors (Lipinski definition) is 1. The zero-order valence-electron chi connectivity index (χ0n) is 11.1. The SMILES string of the molecule is CCC(C)N([SiH2]c1ccccc1)C(C)CC. The van der Waals surface area contributed by atoms with E-state index >= 15 is 0 Å². The van der Waals surface area contributed by atoms with Gasteiger partial charge in [-0.1, -0.05) is 58.0 Å². The van der Waals surface area contributed by atoms with Gasteiger partial charge in [0.2, 0.25) is 0 Å². The molecule has 2 unspecified atom stereocenters. The van der Waals surface area contributed by atoms with Crippen LogP contribution in [0.15, 0.2) is 30.3 Å². The fourth-order valence-corrected chi connectivity index (χ4v) is 4.05. The molecule has 90 valence electrons. The van der Waals surface area contributed by atoms with Crippen molar-refractivity contribution in [3.8, 4) is 0 Å². The van der Waals surface area contributed by atoms with Gasteiger partial charge in [-0.05, 0) is 18.0 Å². The van der Waals surface area contributed by atoms with Crippen LogP contribution in [0.3, 0.4) is 0 Å². The average Bonchev–Trinajstić information content (AvgIpc) is 2.35. The van der Waals surface area contributed by atoms with Gasteiger partial charge in [-0.25, -0.2) is 0 Å². The minimum atomic E-state index is -0.281. The maximum Gasteiger partial charge on any atom is 0.127 e. The lowest BCUT2D eigenvalue weighted by Gasteiger charge is -2.34. The molecule has 1 rings (SSSR count). The highest BCUT2D eigenvalue weighted by atomic mass is 28.2. The summed E-state index contributed by atoms with van der Waals surface area (Å²) >= 11 is 0. The van der Waals surface area contributed by atoms with Crippen LogP contribution in [0.25, 0.3) is 0 Å². The van der Waals surface area contributed by atoms with Gasteiger partial charge >= 0.3 is 0 Å². The molecule has 0 radical (unpaired) electrons. The summed E-state index contributed by atoms with van der Waals surface area (Å²) < 4.78 is 2.75. The van der Waals surface area contributed by atoms with Gasteiger partial charge in [-0.2, -0.15) is 0 Å². The molecule has 2 atom stereocenters. The second kappa shape index (κ2) is 6.87. The minimum absolute atomic E-state index is 0.281. The van der Waals surface area contributed by atoms with Crippen molar-refractivity contribution in [2.75, 3.05) is 0 Å². The van der Waals surface area contributed by atoms with Crippen molar-refractivity contribution in [2.45, 2.75) is 52.6 Å². The third-order valence-electron chi connectivity index (χ3n) is 3.52. The van der Waals surface area contributed by atoms with E-state index in [2.05, 4.69) is 62.6 Å². The molecule has 2 heteroatoms. The Balaban J connectivity index is 2.71. The Bertz CT molecular complexity index is 276. The Morgan fingerprint density at radius 1 is 1.00 bits per heavy atom. The first-order valence-corrected chi connectivity index (χ1v) is 7.82. The molecule has 0 bridgehead atoms. The maximum absolute atomic E-state index is 2.75. The van der Waals surface area contributed by atoms with E-state index in [-0.39, 0.29) is 9.68 Å². The van der Waals surface area contributed by atoms with Crippen LogP contribution in [-0.2, 0) is 0 Å². The summed E-state index contributed by atoms with van der Waals surface area (Å²) in [6.45, 7) is 9.31. The first-order chi connectivity index (χ1) is 7.69. The highest BCUT2D eigenvalue weighted by molar-refractivity contribution is 6.50. The first-order valence-electron chi connectivity index (χ1n) is 6.48. The Kier molecular flexibility index (Phi) is 5.78. The fourth-order valence-electron chi connectivity index (χ4n) is 2.01. The van der Waals surface area contributed by atoms with Gasteiger partial charge in [0, 0.05) is 12.1 Å². The fraction of sp³-hybridized carbons (Fsp3) is 0.571. The van der Waals surface area contributed by atoms with Crippen LogP contribution in [0, 0.1) is 0 Å². The van der Waals surface area contributed by atoms with Crippen LogP contribution in [0.2, 0.25) is 0 Å². The second-order valence-corrected chi connectivity index (χ2v) is 6.54. The van der Waals surface area contributed by atoms with Crippen molar-refractivity contribution in [2.24, 2.45) is 0 Å². The van der Waals surface area contributed by atoms with E-state index in [0.717, 1.165) is 12.1 Å². The van der Waals surface area contributed by atoms with Crippen LogP contribution >= 0.6 is 0 Å². The first kappa shape index (κ1) is 13.5. The highest BCUT2D eigenvalue weighted by Gasteiger charge is 2.17. The van der Waals surface area contributed by atoms with E-state index in [1.54, 1.807) is 5.19 Å². The molecule has 0 saturated carbocycles. The summed E-state index contributed by atoms with van der Waals surface area (Å²) in [6.07, 6.45) is 2.51. The Hall–Kier alpha value is -0.603. The van der Waals surface area contributed by atoms with Gasteiger partial charge in [0.05, 0.1) is 0 Å². The van der Waals surface area contributed by atoms with Crippen molar-refractivity contribution in [1.82, 2.24) is 4.57 Å². The summed E-state index contributed by atoms with van der Waals surface area (Å²) in [7, 11) is -0.281. The second-order valence-electron chi connectivity index (χ2n) is 4.67. The topological polar surface area (TPSA) is 3.24 Å². The molecule has 0 heterocycles. The Morgan fingerprint density at radius 3 is 1.94 bits per heavy atom. The summed E-state index contributed by atoms with van der Waals surface area (Å²) in [5, 5.41) is 1.56. The standard InChI is InChI=1S/C14H25NSi/c1-5-12(3)15(13(4)6-2)16-14-10-8-7-9-11-14/h7-13H,5-6,16H2,1-4H3. The molecule has 0 spiro atoms. The van der Waals surface area contributed by atoms with E-state index in [9.17, 15) is 0 Å². The van der Waals surface area contributed by atoms with E-state index in [4.69, 9.17) is 0 Å². The average molecular weight is 235 g/mol. The van der Waals surface area contributed by atoms with Crippen LogP contribution in [0.4, 0.5) is 0 Å². The zero-order valence-corrected chi connectivity index (χ0v) is 12.5. The quantitative estimate of drug-likeness (QED) is 0.684. The maximum atomic E-state index is 2.75. The van der Waals surface area contributed by atoms with E-state index in [1.165, 1.54) is 12.8 Å². The molecule has 0 fully saturated rings. The molecular weight excluding hydrogens is 210 g/mol. The van der Waals surface area contributed by atoms with Crippen LogP contribution < -0.4 is 5.19 Å².